The molecule has 0 aromatic carbocycles. The average molecular weight is 380 g/mol. The number of carbonyl (C=O) groups excluding carboxylic acids is 2. The normalized spacial score (nSPS) is 17.3. The van der Waals surface area contributed by atoms with Crippen molar-refractivity contribution in [3.63, 3.8) is 0 Å². The number of thiazole rings is 2. The van der Waals surface area contributed by atoms with E-state index in [0.29, 0.717) is 18.1 Å². The summed E-state index contributed by atoms with van der Waals surface area (Å²) >= 11 is 3.01. The van der Waals surface area contributed by atoms with E-state index in [0.717, 1.165) is 21.3 Å². The Labute approximate surface area is 154 Å². The van der Waals surface area contributed by atoms with E-state index in [1.54, 1.807) is 11.3 Å². The maximum absolute atomic E-state index is 12.3. The van der Waals surface area contributed by atoms with Crippen LogP contribution in [0.15, 0.2) is 5.38 Å². The van der Waals surface area contributed by atoms with Crippen molar-refractivity contribution < 1.29 is 9.59 Å². The highest BCUT2D eigenvalue weighted by Crippen LogP contribution is 2.36. The first-order valence-electron chi connectivity index (χ1n) is 7.97. The Morgan fingerprint density at radius 1 is 1.36 bits per heavy atom. The number of nitrogens with two attached hydrogens (primary N) is 1. The largest absolute Gasteiger partial charge is 0.368 e. The minimum Gasteiger partial charge on any atom is -0.368 e. The summed E-state index contributed by atoms with van der Waals surface area (Å²) in [6, 6.07) is -0.863. The van der Waals surface area contributed by atoms with E-state index in [1.165, 1.54) is 16.2 Å². The lowest BCUT2D eigenvalue weighted by Gasteiger charge is -2.38. The maximum Gasteiger partial charge on any atom is 0.324 e. The van der Waals surface area contributed by atoms with E-state index in [9.17, 15) is 9.59 Å². The summed E-state index contributed by atoms with van der Waals surface area (Å²) in [7, 11) is 0. The number of nitrogens with one attached hydrogen (secondary N) is 1. The van der Waals surface area contributed by atoms with Gasteiger partial charge in [0.05, 0.1) is 21.3 Å². The second kappa shape index (κ2) is 6.38. The summed E-state index contributed by atoms with van der Waals surface area (Å²) in [6.45, 7) is 8.81. The van der Waals surface area contributed by atoms with Crippen LogP contribution in [0.25, 0.3) is 10.6 Å². The van der Waals surface area contributed by atoms with Crippen LogP contribution in [0.2, 0.25) is 0 Å². The standard InChI is InChI=1S/C16H21N5O2S2/c1-8-11(9-7-24-13(19-9)16(2,3)4)25-14(18-8)20-15(23)21-6-5-10(21)12(17)22/h7,10H,5-6H2,1-4H3,(H2,17,22)(H,18,20,23). The Bertz CT molecular complexity index is 821. The Balaban J connectivity index is 1.76. The van der Waals surface area contributed by atoms with Gasteiger partial charge in [-0.3, -0.25) is 10.1 Å². The second-order valence-corrected chi connectivity index (χ2v) is 8.91. The van der Waals surface area contributed by atoms with Crippen LogP contribution in [0.3, 0.4) is 0 Å². The zero-order valence-electron chi connectivity index (χ0n) is 14.6. The van der Waals surface area contributed by atoms with Crippen molar-refractivity contribution in [3.8, 4) is 10.6 Å². The molecule has 3 heterocycles. The number of aromatic nitrogens is 2. The first kappa shape index (κ1) is 17.8. The fourth-order valence-electron chi connectivity index (χ4n) is 2.50. The zero-order valence-corrected chi connectivity index (χ0v) is 16.3. The number of anilines is 1. The van der Waals surface area contributed by atoms with E-state index < -0.39 is 11.9 Å². The van der Waals surface area contributed by atoms with Crippen LogP contribution < -0.4 is 11.1 Å². The molecular formula is C16H21N5O2S2. The number of aryl methyl sites for hydroxylation is 1. The first-order chi connectivity index (χ1) is 11.7. The van der Waals surface area contributed by atoms with Gasteiger partial charge in [0.1, 0.15) is 6.04 Å². The summed E-state index contributed by atoms with van der Waals surface area (Å²) in [4.78, 5) is 35.0. The minimum absolute atomic E-state index is 0.000166. The lowest BCUT2D eigenvalue weighted by molar-refractivity contribution is -0.125. The number of likely N-dealkylation sites (tertiary alicyclic amines) is 1. The maximum atomic E-state index is 12.3. The van der Waals surface area contributed by atoms with Gasteiger partial charge in [-0.1, -0.05) is 32.1 Å². The molecule has 25 heavy (non-hydrogen) atoms. The molecule has 1 aliphatic rings. The Morgan fingerprint density at radius 3 is 2.60 bits per heavy atom. The molecule has 0 aliphatic carbocycles. The van der Waals surface area contributed by atoms with E-state index in [-0.39, 0.29) is 11.4 Å². The monoisotopic (exact) mass is 379 g/mol. The molecule has 134 valence electrons. The smallest absolute Gasteiger partial charge is 0.324 e. The van der Waals surface area contributed by atoms with Crippen molar-refractivity contribution in [2.75, 3.05) is 11.9 Å². The van der Waals surface area contributed by atoms with Crippen molar-refractivity contribution in [1.82, 2.24) is 14.9 Å². The number of amides is 3. The molecule has 0 spiro atoms. The van der Waals surface area contributed by atoms with Crippen molar-refractivity contribution in [3.05, 3.63) is 16.1 Å². The van der Waals surface area contributed by atoms with Gasteiger partial charge in [0.2, 0.25) is 5.91 Å². The summed E-state index contributed by atoms with van der Waals surface area (Å²) < 4.78 is 0. The minimum atomic E-state index is -0.520. The molecule has 1 atom stereocenters. The highest BCUT2D eigenvalue weighted by Gasteiger charge is 2.36. The van der Waals surface area contributed by atoms with Crippen LogP contribution in [0.4, 0.5) is 9.93 Å². The lowest BCUT2D eigenvalue weighted by atomic mass is 9.98. The molecule has 7 nitrogen and oxygen atoms in total. The van der Waals surface area contributed by atoms with Crippen LogP contribution in [-0.2, 0) is 10.2 Å². The molecule has 1 aliphatic heterocycles. The average Bonchev–Trinajstić information content (AvgIpc) is 3.02. The number of rotatable bonds is 3. The highest BCUT2D eigenvalue weighted by molar-refractivity contribution is 7.19. The molecule has 0 bridgehead atoms. The predicted molar refractivity (Wildman–Crippen MR) is 100.0 cm³/mol. The van der Waals surface area contributed by atoms with Gasteiger partial charge in [0.15, 0.2) is 5.13 Å². The molecule has 3 N–H and O–H groups in total. The third kappa shape index (κ3) is 3.52. The van der Waals surface area contributed by atoms with Crippen LogP contribution >= 0.6 is 22.7 Å². The van der Waals surface area contributed by atoms with E-state index in [1.807, 2.05) is 12.3 Å². The van der Waals surface area contributed by atoms with Crippen LogP contribution in [0.5, 0.6) is 0 Å². The molecule has 0 radical (unpaired) electrons. The molecule has 3 rings (SSSR count). The summed E-state index contributed by atoms with van der Waals surface area (Å²) in [5.41, 5.74) is 6.98. The molecular weight excluding hydrogens is 358 g/mol. The van der Waals surface area contributed by atoms with Gasteiger partial charge in [-0.15, -0.1) is 11.3 Å². The molecule has 3 amide bonds. The topological polar surface area (TPSA) is 101 Å². The van der Waals surface area contributed by atoms with Gasteiger partial charge < -0.3 is 10.6 Å². The third-order valence-electron chi connectivity index (χ3n) is 4.00. The van der Waals surface area contributed by atoms with E-state index in [4.69, 9.17) is 10.7 Å². The Morgan fingerprint density at radius 2 is 2.08 bits per heavy atom. The summed E-state index contributed by atoms with van der Waals surface area (Å²) in [5.74, 6) is -0.477. The quantitative estimate of drug-likeness (QED) is 0.856. The van der Waals surface area contributed by atoms with Gasteiger partial charge in [-0.2, -0.15) is 0 Å². The van der Waals surface area contributed by atoms with Gasteiger partial charge in [0, 0.05) is 17.3 Å². The molecule has 2 aromatic rings. The van der Waals surface area contributed by atoms with E-state index in [2.05, 4.69) is 31.1 Å². The molecule has 1 saturated heterocycles. The Hall–Kier alpha value is -2.00. The first-order valence-corrected chi connectivity index (χ1v) is 9.67. The van der Waals surface area contributed by atoms with Crippen LogP contribution in [0.1, 0.15) is 37.9 Å². The second-order valence-electron chi connectivity index (χ2n) is 7.05. The molecule has 2 aromatic heterocycles. The van der Waals surface area contributed by atoms with Crippen molar-refractivity contribution in [2.45, 2.75) is 45.6 Å². The molecule has 1 fully saturated rings. The number of carbonyl (C=O) groups is 2. The summed E-state index contributed by atoms with van der Waals surface area (Å²) in [5, 5.41) is 6.34. The fourth-order valence-corrected chi connectivity index (χ4v) is 4.39. The van der Waals surface area contributed by atoms with Gasteiger partial charge >= 0.3 is 6.03 Å². The number of primary amides is 1. The van der Waals surface area contributed by atoms with Crippen LogP contribution in [-0.4, -0.2) is 39.4 Å². The van der Waals surface area contributed by atoms with Crippen molar-refractivity contribution in [1.29, 1.82) is 0 Å². The predicted octanol–water partition coefficient (Wildman–Crippen LogP) is 2.96. The molecule has 9 heteroatoms. The van der Waals surface area contributed by atoms with Gasteiger partial charge in [-0.25, -0.2) is 14.8 Å². The number of urea groups is 1. The van der Waals surface area contributed by atoms with Gasteiger partial charge in [-0.05, 0) is 13.3 Å². The SMILES string of the molecule is Cc1nc(NC(=O)N2CCC2C(N)=O)sc1-c1csc(C(C)(C)C)n1. The molecule has 1 unspecified atom stereocenters. The van der Waals surface area contributed by atoms with Crippen molar-refractivity contribution >= 4 is 39.7 Å². The number of nitrogens with zero attached hydrogens (tertiary/aromatic N) is 3. The van der Waals surface area contributed by atoms with Crippen molar-refractivity contribution in [2.24, 2.45) is 5.73 Å². The Kier molecular flexibility index (Phi) is 4.54. The molecule has 0 saturated carbocycles. The zero-order chi connectivity index (χ0) is 18.4. The van der Waals surface area contributed by atoms with Crippen LogP contribution in [0, 0.1) is 6.92 Å². The number of hydrogen-bond donors (Lipinski definition) is 2. The highest BCUT2D eigenvalue weighted by atomic mass is 32.1. The lowest BCUT2D eigenvalue weighted by Crippen LogP contribution is -2.58. The fraction of sp³-hybridized carbons (Fsp3) is 0.500. The summed E-state index contributed by atoms with van der Waals surface area (Å²) in [6.07, 6.45) is 0.610. The number of hydrogen-bond acceptors (Lipinski definition) is 6. The third-order valence-corrected chi connectivity index (χ3v) is 6.36. The van der Waals surface area contributed by atoms with E-state index >= 15 is 0 Å². The van der Waals surface area contributed by atoms with Gasteiger partial charge in [0.25, 0.3) is 0 Å².